The highest BCUT2D eigenvalue weighted by Gasteiger charge is 2.21. The molecule has 0 amide bonds. The molecule has 0 aliphatic carbocycles. The zero-order chi connectivity index (χ0) is 22.0. The molecule has 1 aliphatic rings. The second-order valence-corrected chi connectivity index (χ2v) is 7.65. The first-order valence-electron chi connectivity index (χ1n) is 10.1. The lowest BCUT2D eigenvalue weighted by Crippen LogP contribution is -2.34. The fourth-order valence-corrected chi connectivity index (χ4v) is 4.08. The average Bonchev–Trinajstić information content (AvgIpc) is 2.77. The Morgan fingerprint density at radius 1 is 1.26 bits per heavy atom. The Morgan fingerprint density at radius 2 is 2.10 bits per heavy atom. The number of alkyl halides is 2. The van der Waals surface area contributed by atoms with Crippen molar-refractivity contribution in [3.05, 3.63) is 82.7 Å². The van der Waals surface area contributed by atoms with Crippen molar-refractivity contribution in [1.82, 2.24) is 10.3 Å². The molecule has 0 saturated carbocycles. The highest BCUT2D eigenvalue weighted by molar-refractivity contribution is 5.93. The fourth-order valence-electron chi connectivity index (χ4n) is 4.08. The maximum Gasteiger partial charge on any atom is 0.337 e. The van der Waals surface area contributed by atoms with Crippen LogP contribution in [0.5, 0.6) is 0 Å². The van der Waals surface area contributed by atoms with Gasteiger partial charge in [-0.3, -0.25) is 4.98 Å². The lowest BCUT2D eigenvalue weighted by Gasteiger charge is -2.28. The van der Waals surface area contributed by atoms with Gasteiger partial charge < -0.3 is 15.7 Å². The van der Waals surface area contributed by atoms with Gasteiger partial charge in [0.2, 0.25) is 0 Å². The van der Waals surface area contributed by atoms with E-state index in [4.69, 9.17) is 0 Å². The van der Waals surface area contributed by atoms with Gasteiger partial charge >= 0.3 is 5.97 Å². The van der Waals surface area contributed by atoms with Crippen LogP contribution >= 0.6 is 0 Å². The molecule has 0 saturated heterocycles. The van der Waals surface area contributed by atoms with E-state index in [9.17, 15) is 18.7 Å². The molecule has 0 radical (unpaired) electrons. The average molecular weight is 423 g/mol. The second kappa shape index (κ2) is 8.81. The number of benzene rings is 2. The Morgan fingerprint density at radius 3 is 2.84 bits per heavy atom. The molecular formula is C24H23F2N3O2. The summed E-state index contributed by atoms with van der Waals surface area (Å²) in [5.41, 5.74) is 5.82. The Kier molecular flexibility index (Phi) is 5.95. The highest BCUT2D eigenvalue weighted by Crippen LogP contribution is 2.32. The van der Waals surface area contributed by atoms with Gasteiger partial charge in [-0.1, -0.05) is 30.3 Å². The number of nitrogens with one attached hydrogen (secondary N) is 2. The van der Waals surface area contributed by atoms with Crippen LogP contribution in [0.25, 0.3) is 11.1 Å². The second-order valence-electron chi connectivity index (χ2n) is 7.65. The number of nitrogens with zero attached hydrogens (tertiary/aromatic N) is 1. The third-order valence-corrected chi connectivity index (χ3v) is 5.67. The van der Waals surface area contributed by atoms with E-state index in [2.05, 4.69) is 27.8 Å². The van der Waals surface area contributed by atoms with Gasteiger partial charge in [0.15, 0.2) is 0 Å². The third kappa shape index (κ3) is 4.41. The number of fused-ring (bicyclic) bond motifs is 1. The van der Waals surface area contributed by atoms with Crippen molar-refractivity contribution in [2.75, 3.05) is 18.4 Å². The maximum absolute atomic E-state index is 13.0. The van der Waals surface area contributed by atoms with Crippen molar-refractivity contribution in [2.45, 2.75) is 25.8 Å². The number of hydrogen-bond donors (Lipinski definition) is 3. The van der Waals surface area contributed by atoms with E-state index < -0.39 is 12.4 Å². The normalized spacial score (nSPS) is 15.5. The summed E-state index contributed by atoms with van der Waals surface area (Å²) in [5.74, 6) is -1.00. The smallest absolute Gasteiger partial charge is 0.337 e. The summed E-state index contributed by atoms with van der Waals surface area (Å²) in [6, 6.07) is 12.5. The van der Waals surface area contributed by atoms with E-state index in [1.54, 1.807) is 12.1 Å². The number of rotatable bonds is 6. The molecule has 31 heavy (non-hydrogen) atoms. The molecule has 0 bridgehead atoms. The van der Waals surface area contributed by atoms with E-state index in [0.29, 0.717) is 12.2 Å². The van der Waals surface area contributed by atoms with Crippen LogP contribution in [0.1, 0.15) is 45.1 Å². The lowest BCUT2D eigenvalue weighted by atomic mass is 9.89. The van der Waals surface area contributed by atoms with E-state index in [-0.39, 0.29) is 17.2 Å². The first-order valence-corrected chi connectivity index (χ1v) is 10.1. The van der Waals surface area contributed by atoms with Gasteiger partial charge in [0, 0.05) is 24.3 Å². The van der Waals surface area contributed by atoms with Gasteiger partial charge in [0.1, 0.15) is 0 Å². The molecule has 0 unspecified atom stereocenters. The minimum absolute atomic E-state index is 0.0157. The number of anilines is 1. The van der Waals surface area contributed by atoms with Crippen LogP contribution in [0.4, 0.5) is 14.5 Å². The zero-order valence-electron chi connectivity index (χ0n) is 17.0. The maximum atomic E-state index is 13.0. The predicted molar refractivity (Wildman–Crippen MR) is 116 cm³/mol. The summed E-state index contributed by atoms with van der Waals surface area (Å²) in [6.07, 6.45) is 1.36. The van der Waals surface area contributed by atoms with E-state index in [1.165, 1.54) is 30.1 Å². The number of aromatic nitrogens is 1. The van der Waals surface area contributed by atoms with E-state index in [0.717, 1.165) is 35.2 Å². The van der Waals surface area contributed by atoms with Crippen LogP contribution in [0.15, 0.2) is 54.9 Å². The Hall–Kier alpha value is -3.32. The molecule has 7 heteroatoms. The summed E-state index contributed by atoms with van der Waals surface area (Å²) in [5, 5.41) is 16.0. The number of hydrogen-bond acceptors (Lipinski definition) is 4. The predicted octanol–water partition coefficient (Wildman–Crippen LogP) is 4.99. The third-order valence-electron chi connectivity index (χ3n) is 5.67. The van der Waals surface area contributed by atoms with Gasteiger partial charge in [-0.2, -0.15) is 0 Å². The molecule has 2 aromatic carbocycles. The molecule has 1 aromatic heterocycles. The van der Waals surface area contributed by atoms with Crippen molar-refractivity contribution in [3.63, 3.8) is 0 Å². The van der Waals surface area contributed by atoms with Crippen LogP contribution in [0.2, 0.25) is 0 Å². The molecule has 2 heterocycles. The first-order chi connectivity index (χ1) is 14.9. The fraction of sp³-hybridized carbons (Fsp3) is 0.250. The molecule has 0 spiro atoms. The molecule has 3 aromatic rings. The van der Waals surface area contributed by atoms with Crippen molar-refractivity contribution in [2.24, 2.45) is 0 Å². The van der Waals surface area contributed by atoms with Gasteiger partial charge in [-0.25, -0.2) is 13.6 Å². The summed E-state index contributed by atoms with van der Waals surface area (Å²) in [7, 11) is 0. The topological polar surface area (TPSA) is 74.2 Å². The van der Waals surface area contributed by atoms with Crippen LogP contribution in [-0.4, -0.2) is 29.1 Å². The quantitative estimate of drug-likeness (QED) is 0.521. The Labute approximate surface area is 179 Å². The summed E-state index contributed by atoms with van der Waals surface area (Å²) in [6.45, 7) is 3.16. The zero-order valence-corrected chi connectivity index (χ0v) is 17.0. The van der Waals surface area contributed by atoms with Crippen LogP contribution < -0.4 is 10.6 Å². The van der Waals surface area contributed by atoms with Crippen molar-refractivity contribution in [3.8, 4) is 11.1 Å². The minimum Gasteiger partial charge on any atom is -0.478 e. The highest BCUT2D eigenvalue weighted by atomic mass is 19.3. The monoisotopic (exact) mass is 423 g/mol. The van der Waals surface area contributed by atoms with Gasteiger partial charge in [-0.05, 0) is 59.8 Å². The minimum atomic E-state index is -2.47. The molecule has 1 aliphatic heterocycles. The van der Waals surface area contributed by atoms with Crippen LogP contribution in [0.3, 0.4) is 0 Å². The first kappa shape index (κ1) is 20.9. The Balaban J connectivity index is 1.56. The lowest BCUT2D eigenvalue weighted by molar-refractivity contribution is 0.0697. The molecule has 1 atom stereocenters. The number of aryl methyl sites for hydroxylation is 1. The number of carboxylic acid groups (broad SMARTS) is 1. The molecule has 5 nitrogen and oxygen atoms in total. The number of carbonyl (C=O) groups is 1. The molecule has 4 rings (SSSR count). The van der Waals surface area contributed by atoms with E-state index in [1.807, 2.05) is 13.0 Å². The number of pyridine rings is 1. The standard InChI is InChI=1S/C24H23F2N3O2/c1-14-10-17(23(25)26)3-4-18(14)15-2-5-19-16(11-15)6-9-28-22(19)13-29-21-12-27-8-7-20(21)24(30)31/h2-5,7-8,10-12,22-23,28-29H,6,9,13H2,1H3,(H,30,31)/t22-/m0/s1. The molecule has 0 fully saturated rings. The molecule has 3 N–H and O–H groups in total. The van der Waals surface area contributed by atoms with Crippen molar-refractivity contribution in [1.29, 1.82) is 0 Å². The van der Waals surface area contributed by atoms with Crippen LogP contribution in [-0.2, 0) is 6.42 Å². The summed E-state index contributed by atoms with van der Waals surface area (Å²) < 4.78 is 25.9. The number of carboxylic acids is 1. The van der Waals surface area contributed by atoms with Gasteiger partial charge in [0.25, 0.3) is 6.43 Å². The molecular weight excluding hydrogens is 400 g/mol. The van der Waals surface area contributed by atoms with Crippen LogP contribution in [0, 0.1) is 6.92 Å². The van der Waals surface area contributed by atoms with E-state index >= 15 is 0 Å². The molecule has 160 valence electrons. The van der Waals surface area contributed by atoms with Gasteiger partial charge in [0.05, 0.1) is 17.4 Å². The van der Waals surface area contributed by atoms with Crippen molar-refractivity contribution >= 4 is 11.7 Å². The number of aromatic carboxylic acids is 1. The van der Waals surface area contributed by atoms with Gasteiger partial charge in [-0.15, -0.1) is 0 Å². The summed E-state index contributed by atoms with van der Waals surface area (Å²) >= 11 is 0. The summed E-state index contributed by atoms with van der Waals surface area (Å²) in [4.78, 5) is 15.4. The largest absolute Gasteiger partial charge is 0.478 e. The SMILES string of the molecule is Cc1cc(C(F)F)ccc1-c1ccc2c(c1)CCN[C@H]2CNc1cnccc1C(=O)O. The Bertz CT molecular complexity index is 1120. The number of halogens is 2. The van der Waals surface area contributed by atoms with Crippen molar-refractivity contribution < 1.29 is 18.7 Å².